The Hall–Kier alpha value is -1.62. The Labute approximate surface area is 158 Å². The van der Waals surface area contributed by atoms with Gasteiger partial charge in [0.2, 0.25) is 5.91 Å². The molecule has 3 rings (SSSR count). The summed E-state index contributed by atoms with van der Waals surface area (Å²) in [6, 6.07) is 6.17. The van der Waals surface area contributed by atoms with E-state index in [1.807, 2.05) is 24.0 Å². The van der Waals surface area contributed by atoms with Crippen LogP contribution in [-0.2, 0) is 24.2 Å². The maximum absolute atomic E-state index is 12.8. The maximum atomic E-state index is 12.8. The number of carbonyl (C=O) groups excluding carboxylic acids is 1. The Kier molecular flexibility index (Phi) is 5.32. The first kappa shape index (κ1) is 18.2. The summed E-state index contributed by atoms with van der Waals surface area (Å²) < 4.78 is 3.16. The van der Waals surface area contributed by atoms with Crippen molar-refractivity contribution in [2.75, 3.05) is 11.4 Å². The molecule has 0 bridgehead atoms. The van der Waals surface area contributed by atoms with Gasteiger partial charge in [-0.25, -0.2) is 0 Å². The maximum Gasteiger partial charge on any atom is 0.227 e. The zero-order chi connectivity index (χ0) is 18.1. The molecule has 1 aromatic heterocycles. The number of rotatable bonds is 5. The number of aryl methyl sites for hydroxylation is 1. The highest BCUT2D eigenvalue weighted by Crippen LogP contribution is 2.31. The summed E-state index contributed by atoms with van der Waals surface area (Å²) in [6.45, 7) is 10.3. The van der Waals surface area contributed by atoms with Gasteiger partial charge in [0.05, 0.1) is 5.69 Å². The molecule has 0 atom stereocenters. The number of amides is 1. The lowest BCUT2D eigenvalue weighted by atomic mass is 10.1. The average molecular weight is 404 g/mol. The van der Waals surface area contributed by atoms with Gasteiger partial charge in [-0.05, 0) is 61.9 Å². The van der Waals surface area contributed by atoms with Crippen molar-refractivity contribution in [1.82, 2.24) is 9.78 Å². The molecule has 25 heavy (non-hydrogen) atoms. The third-order valence-electron chi connectivity index (χ3n) is 4.90. The van der Waals surface area contributed by atoms with Crippen LogP contribution in [0.15, 0.2) is 22.7 Å². The zero-order valence-corrected chi connectivity index (χ0v) is 17.1. The van der Waals surface area contributed by atoms with Gasteiger partial charge in [-0.3, -0.25) is 9.48 Å². The van der Waals surface area contributed by atoms with E-state index in [9.17, 15) is 4.79 Å². The molecular formula is C20H26BrN3O. The number of nitrogens with zero attached hydrogens (tertiary/aromatic N) is 3. The molecule has 0 saturated carbocycles. The normalized spacial score (nSPS) is 13.6. The molecule has 0 radical (unpaired) electrons. The largest absolute Gasteiger partial charge is 0.312 e. The summed E-state index contributed by atoms with van der Waals surface area (Å²) in [5.41, 5.74) is 5.79. The number of hydrogen-bond donors (Lipinski definition) is 0. The minimum Gasteiger partial charge on any atom is -0.312 e. The lowest BCUT2D eigenvalue weighted by Crippen LogP contribution is -2.29. The first-order valence-corrected chi connectivity index (χ1v) is 9.77. The molecule has 2 heterocycles. The summed E-state index contributed by atoms with van der Waals surface area (Å²) in [6.07, 6.45) is 2.23. The van der Waals surface area contributed by atoms with E-state index in [1.54, 1.807) is 0 Å². The van der Waals surface area contributed by atoms with Crippen LogP contribution >= 0.6 is 15.9 Å². The highest BCUT2D eigenvalue weighted by atomic mass is 79.9. The number of carbonyl (C=O) groups is 1. The summed E-state index contributed by atoms with van der Waals surface area (Å²) in [7, 11) is 0. The van der Waals surface area contributed by atoms with Crippen molar-refractivity contribution in [3.63, 3.8) is 0 Å². The molecule has 4 nitrogen and oxygen atoms in total. The van der Waals surface area contributed by atoms with Crippen LogP contribution in [0, 0.1) is 19.8 Å². The van der Waals surface area contributed by atoms with Gasteiger partial charge in [-0.15, -0.1) is 0 Å². The Morgan fingerprint density at radius 3 is 2.80 bits per heavy atom. The number of benzene rings is 1. The van der Waals surface area contributed by atoms with Gasteiger partial charge < -0.3 is 4.90 Å². The van der Waals surface area contributed by atoms with Crippen molar-refractivity contribution in [3.05, 3.63) is 45.2 Å². The molecule has 5 heteroatoms. The molecule has 134 valence electrons. The predicted octanol–water partition coefficient (Wildman–Crippen LogP) is 4.44. The van der Waals surface area contributed by atoms with Gasteiger partial charge in [-0.1, -0.05) is 29.8 Å². The first-order valence-electron chi connectivity index (χ1n) is 8.98. The quantitative estimate of drug-likeness (QED) is 0.739. The highest BCUT2D eigenvalue weighted by molar-refractivity contribution is 9.10. The highest BCUT2D eigenvalue weighted by Gasteiger charge is 2.25. The van der Waals surface area contributed by atoms with Crippen LogP contribution in [0.4, 0.5) is 5.69 Å². The molecular weight excluding hydrogens is 378 g/mol. The molecule has 1 aliphatic rings. The van der Waals surface area contributed by atoms with Crippen LogP contribution in [-0.4, -0.2) is 22.2 Å². The van der Waals surface area contributed by atoms with Gasteiger partial charge in [0.15, 0.2) is 0 Å². The van der Waals surface area contributed by atoms with Crippen LogP contribution < -0.4 is 4.90 Å². The van der Waals surface area contributed by atoms with Gasteiger partial charge >= 0.3 is 0 Å². The molecule has 1 amide bonds. The SMILES string of the molecule is Cc1nn(CC(C)C)c(C)c1CCC(=O)N1CCc2cc(Br)ccc21. The molecule has 2 aromatic rings. The second-order valence-electron chi connectivity index (χ2n) is 7.29. The Morgan fingerprint density at radius 1 is 1.32 bits per heavy atom. The van der Waals surface area contributed by atoms with E-state index < -0.39 is 0 Å². The van der Waals surface area contributed by atoms with E-state index in [-0.39, 0.29) is 5.91 Å². The minimum atomic E-state index is 0.205. The van der Waals surface area contributed by atoms with Crippen LogP contribution in [0.1, 0.15) is 42.8 Å². The summed E-state index contributed by atoms with van der Waals surface area (Å²) in [5, 5.41) is 4.66. The van der Waals surface area contributed by atoms with Gasteiger partial charge in [0.25, 0.3) is 0 Å². The number of anilines is 1. The Morgan fingerprint density at radius 2 is 2.08 bits per heavy atom. The molecule has 0 aliphatic carbocycles. The second-order valence-corrected chi connectivity index (χ2v) is 8.21. The topological polar surface area (TPSA) is 38.1 Å². The third-order valence-corrected chi connectivity index (χ3v) is 5.39. The molecule has 0 fully saturated rings. The number of hydrogen-bond acceptors (Lipinski definition) is 2. The van der Waals surface area contributed by atoms with Crippen molar-refractivity contribution < 1.29 is 4.79 Å². The van der Waals surface area contributed by atoms with Crippen LogP contribution in [0.5, 0.6) is 0 Å². The summed E-state index contributed by atoms with van der Waals surface area (Å²) >= 11 is 3.51. The first-order chi connectivity index (χ1) is 11.9. The van der Waals surface area contributed by atoms with E-state index in [1.165, 1.54) is 16.8 Å². The minimum absolute atomic E-state index is 0.205. The number of fused-ring (bicyclic) bond motifs is 1. The van der Waals surface area contributed by atoms with Gasteiger partial charge in [-0.2, -0.15) is 5.10 Å². The van der Waals surface area contributed by atoms with Crippen molar-refractivity contribution in [1.29, 1.82) is 0 Å². The molecule has 1 aliphatic heterocycles. The second kappa shape index (κ2) is 7.32. The molecule has 0 saturated heterocycles. The van der Waals surface area contributed by atoms with Crippen LogP contribution in [0.25, 0.3) is 0 Å². The van der Waals surface area contributed by atoms with E-state index in [4.69, 9.17) is 0 Å². The summed E-state index contributed by atoms with van der Waals surface area (Å²) in [5.74, 6) is 0.768. The fourth-order valence-corrected chi connectivity index (χ4v) is 4.02. The van der Waals surface area contributed by atoms with Crippen molar-refractivity contribution in [2.24, 2.45) is 5.92 Å². The lowest BCUT2D eigenvalue weighted by Gasteiger charge is -2.17. The Bertz CT molecular complexity index is 794. The van der Waals surface area contributed by atoms with Crippen molar-refractivity contribution in [2.45, 2.75) is 53.5 Å². The molecule has 0 unspecified atom stereocenters. The molecule has 0 N–H and O–H groups in total. The van der Waals surface area contributed by atoms with E-state index in [0.29, 0.717) is 12.3 Å². The standard InChI is InChI=1S/C20H26BrN3O/c1-13(2)12-24-15(4)18(14(3)22-24)6-8-20(25)23-10-9-16-11-17(21)5-7-19(16)23/h5,7,11,13H,6,8-10,12H2,1-4H3. The van der Waals surface area contributed by atoms with Gasteiger partial charge in [0, 0.05) is 35.4 Å². The number of aromatic nitrogens is 2. The van der Waals surface area contributed by atoms with Crippen LogP contribution in [0.2, 0.25) is 0 Å². The number of halogens is 1. The third kappa shape index (κ3) is 3.81. The van der Waals surface area contributed by atoms with E-state index in [0.717, 1.165) is 41.8 Å². The van der Waals surface area contributed by atoms with Gasteiger partial charge in [0.1, 0.15) is 0 Å². The molecule has 0 spiro atoms. The predicted molar refractivity (Wildman–Crippen MR) is 105 cm³/mol. The average Bonchev–Trinajstić information content (AvgIpc) is 3.06. The monoisotopic (exact) mass is 403 g/mol. The van der Waals surface area contributed by atoms with E-state index in [2.05, 4.69) is 52.5 Å². The fraction of sp³-hybridized carbons (Fsp3) is 0.500. The lowest BCUT2D eigenvalue weighted by molar-refractivity contribution is -0.118. The smallest absolute Gasteiger partial charge is 0.227 e. The van der Waals surface area contributed by atoms with Crippen molar-refractivity contribution >= 4 is 27.5 Å². The summed E-state index contributed by atoms with van der Waals surface area (Å²) in [4.78, 5) is 14.7. The zero-order valence-electron chi connectivity index (χ0n) is 15.5. The van der Waals surface area contributed by atoms with E-state index >= 15 is 0 Å². The van der Waals surface area contributed by atoms with Crippen LogP contribution in [0.3, 0.4) is 0 Å². The fourth-order valence-electron chi connectivity index (χ4n) is 3.62. The molecule has 1 aromatic carbocycles. The Balaban J connectivity index is 1.69. The van der Waals surface area contributed by atoms with Crippen molar-refractivity contribution in [3.8, 4) is 0 Å².